The molecule has 0 aliphatic heterocycles. The van der Waals surface area contributed by atoms with E-state index in [0.717, 1.165) is 33.0 Å². The molecule has 3 heterocycles. The average molecular weight is 303 g/mol. The van der Waals surface area contributed by atoms with Crippen LogP contribution in [0.1, 0.15) is 0 Å². The van der Waals surface area contributed by atoms with Gasteiger partial charge < -0.3 is 0 Å². The Balaban J connectivity index is 2.07. The van der Waals surface area contributed by atoms with Gasteiger partial charge >= 0.3 is 0 Å². The summed E-state index contributed by atoms with van der Waals surface area (Å²) in [5, 5.41) is 3.14. The molecule has 0 saturated carbocycles. The maximum atomic E-state index is 6.29. The topological polar surface area (TPSA) is 17.3 Å². The van der Waals surface area contributed by atoms with E-state index in [2.05, 4.69) is 40.8 Å². The predicted octanol–water partition coefficient (Wildman–Crippen LogP) is 5.40. The molecule has 0 aliphatic carbocycles. The van der Waals surface area contributed by atoms with Gasteiger partial charge in [-0.2, -0.15) is 0 Å². The maximum Gasteiger partial charge on any atom is 0.139 e. The van der Waals surface area contributed by atoms with Crippen LogP contribution in [0.25, 0.3) is 38.7 Å². The molecular formula is C19H11ClN2. The van der Waals surface area contributed by atoms with E-state index in [9.17, 15) is 0 Å². The number of halogens is 1. The molecule has 3 heteroatoms. The van der Waals surface area contributed by atoms with Crippen molar-refractivity contribution in [3.63, 3.8) is 0 Å². The number of benzene rings is 2. The number of rotatable bonds is 1. The molecule has 3 aromatic heterocycles. The van der Waals surface area contributed by atoms with Crippen LogP contribution in [0.4, 0.5) is 0 Å². The largest absolute Gasteiger partial charge is 0.291 e. The summed E-state index contributed by atoms with van der Waals surface area (Å²) in [5.74, 6) is 0. The zero-order chi connectivity index (χ0) is 14.7. The molecule has 0 aliphatic rings. The van der Waals surface area contributed by atoms with Crippen LogP contribution < -0.4 is 0 Å². The average Bonchev–Trinajstić information content (AvgIpc) is 3.08. The van der Waals surface area contributed by atoms with Crippen molar-refractivity contribution in [2.75, 3.05) is 0 Å². The first-order valence-corrected chi connectivity index (χ1v) is 7.58. The summed E-state index contributed by atoms with van der Waals surface area (Å²) in [6.07, 6.45) is 0. The van der Waals surface area contributed by atoms with E-state index in [-0.39, 0.29) is 0 Å². The second kappa shape index (κ2) is 4.21. The number of nitrogens with zero attached hydrogens (tertiary/aromatic N) is 2. The summed E-state index contributed by atoms with van der Waals surface area (Å²) in [6.45, 7) is 0. The molecule has 0 spiro atoms. The van der Waals surface area contributed by atoms with Gasteiger partial charge in [0, 0.05) is 27.4 Å². The maximum absolute atomic E-state index is 6.29. The first-order valence-electron chi connectivity index (χ1n) is 7.20. The molecule has 104 valence electrons. The summed E-state index contributed by atoms with van der Waals surface area (Å²) in [4.78, 5) is 4.83. The molecule has 2 nitrogen and oxygen atoms in total. The van der Waals surface area contributed by atoms with E-state index in [0.29, 0.717) is 0 Å². The Morgan fingerprint density at radius 2 is 1.55 bits per heavy atom. The van der Waals surface area contributed by atoms with Crippen molar-refractivity contribution in [3.05, 3.63) is 71.8 Å². The van der Waals surface area contributed by atoms with Gasteiger partial charge in [-0.15, -0.1) is 0 Å². The quantitative estimate of drug-likeness (QED) is 0.405. The van der Waals surface area contributed by atoms with Crippen LogP contribution >= 0.6 is 11.6 Å². The van der Waals surface area contributed by atoms with E-state index >= 15 is 0 Å². The van der Waals surface area contributed by atoms with Gasteiger partial charge in [0.15, 0.2) is 0 Å². The lowest BCUT2D eigenvalue weighted by Gasteiger charge is -1.97. The molecule has 0 fully saturated rings. The van der Waals surface area contributed by atoms with Gasteiger partial charge in [-0.1, -0.05) is 66.2 Å². The summed E-state index contributed by atoms with van der Waals surface area (Å²) >= 11 is 6.29. The lowest BCUT2D eigenvalue weighted by atomic mass is 10.1. The number of pyridine rings is 1. The van der Waals surface area contributed by atoms with E-state index < -0.39 is 0 Å². The minimum Gasteiger partial charge on any atom is -0.291 e. The number of aromatic nitrogens is 2. The highest BCUT2D eigenvalue weighted by Gasteiger charge is 2.18. The molecular weight excluding hydrogens is 292 g/mol. The highest BCUT2D eigenvalue weighted by atomic mass is 35.5. The first kappa shape index (κ1) is 12.0. The van der Waals surface area contributed by atoms with Crippen molar-refractivity contribution < 1.29 is 0 Å². The molecule has 0 amide bonds. The molecule has 0 saturated heterocycles. The Kier molecular flexibility index (Phi) is 2.30. The van der Waals surface area contributed by atoms with E-state index in [1.807, 2.05) is 30.3 Å². The highest BCUT2D eigenvalue weighted by Crippen LogP contribution is 2.37. The SMILES string of the molecule is Clc1cc2nc(-c3ccccc3)c3c4ccccc4c(c1)n23. The summed E-state index contributed by atoms with van der Waals surface area (Å²) in [5.41, 5.74) is 5.30. The Morgan fingerprint density at radius 3 is 2.36 bits per heavy atom. The zero-order valence-corrected chi connectivity index (χ0v) is 12.4. The number of imidazole rings is 1. The molecule has 0 atom stereocenters. The van der Waals surface area contributed by atoms with Crippen LogP contribution in [0.2, 0.25) is 5.02 Å². The Morgan fingerprint density at radius 1 is 0.818 bits per heavy atom. The van der Waals surface area contributed by atoms with Crippen molar-refractivity contribution in [1.82, 2.24) is 9.38 Å². The summed E-state index contributed by atoms with van der Waals surface area (Å²) < 4.78 is 2.21. The van der Waals surface area contributed by atoms with Crippen LogP contribution in [0.3, 0.4) is 0 Å². The molecule has 5 aromatic rings. The molecule has 0 radical (unpaired) electrons. The minimum absolute atomic E-state index is 0.718. The number of hydrogen-bond donors (Lipinski definition) is 0. The van der Waals surface area contributed by atoms with Crippen molar-refractivity contribution in [3.8, 4) is 11.3 Å². The Hall–Kier alpha value is -2.58. The van der Waals surface area contributed by atoms with Gasteiger partial charge in [0.1, 0.15) is 5.65 Å². The van der Waals surface area contributed by atoms with Crippen LogP contribution in [-0.4, -0.2) is 9.38 Å². The number of fused-ring (bicyclic) bond motifs is 3. The fourth-order valence-electron chi connectivity index (χ4n) is 3.30. The highest BCUT2D eigenvalue weighted by molar-refractivity contribution is 6.32. The monoisotopic (exact) mass is 302 g/mol. The molecule has 0 bridgehead atoms. The van der Waals surface area contributed by atoms with Crippen molar-refractivity contribution in [2.45, 2.75) is 0 Å². The lowest BCUT2D eigenvalue weighted by Crippen LogP contribution is -1.82. The van der Waals surface area contributed by atoms with Crippen LogP contribution in [0, 0.1) is 0 Å². The Labute approximate surface area is 131 Å². The molecule has 0 N–H and O–H groups in total. The standard InChI is InChI=1S/C19H11ClN2/c20-13-10-16-14-8-4-5-9-15(14)19-18(12-6-2-1-3-7-12)21-17(11-13)22(16)19/h1-11H. The Bertz CT molecular complexity index is 1130. The van der Waals surface area contributed by atoms with Gasteiger partial charge in [0.05, 0.1) is 16.7 Å². The fourth-order valence-corrected chi connectivity index (χ4v) is 3.50. The minimum atomic E-state index is 0.718. The van der Waals surface area contributed by atoms with Gasteiger partial charge in [-0.25, -0.2) is 4.98 Å². The molecule has 5 rings (SSSR count). The van der Waals surface area contributed by atoms with E-state index in [4.69, 9.17) is 16.6 Å². The van der Waals surface area contributed by atoms with Gasteiger partial charge in [0.25, 0.3) is 0 Å². The van der Waals surface area contributed by atoms with Gasteiger partial charge in [-0.05, 0) is 6.07 Å². The van der Waals surface area contributed by atoms with Crippen molar-refractivity contribution in [1.29, 1.82) is 0 Å². The fraction of sp³-hybridized carbons (Fsp3) is 0. The van der Waals surface area contributed by atoms with Gasteiger partial charge in [0.2, 0.25) is 0 Å². The van der Waals surface area contributed by atoms with Crippen LogP contribution in [0.5, 0.6) is 0 Å². The molecule has 22 heavy (non-hydrogen) atoms. The zero-order valence-electron chi connectivity index (χ0n) is 11.6. The van der Waals surface area contributed by atoms with Gasteiger partial charge in [-0.3, -0.25) is 4.40 Å². The van der Waals surface area contributed by atoms with E-state index in [1.54, 1.807) is 0 Å². The smallest absolute Gasteiger partial charge is 0.139 e. The second-order valence-electron chi connectivity index (χ2n) is 5.47. The third-order valence-corrected chi connectivity index (χ3v) is 4.41. The number of hydrogen-bond acceptors (Lipinski definition) is 1. The van der Waals surface area contributed by atoms with Crippen LogP contribution in [-0.2, 0) is 0 Å². The first-order chi connectivity index (χ1) is 10.8. The molecule has 2 aromatic carbocycles. The van der Waals surface area contributed by atoms with Crippen molar-refractivity contribution in [2.24, 2.45) is 0 Å². The van der Waals surface area contributed by atoms with Crippen molar-refractivity contribution >= 4 is 39.1 Å². The second-order valence-corrected chi connectivity index (χ2v) is 5.91. The third-order valence-electron chi connectivity index (χ3n) is 4.19. The summed E-state index contributed by atoms with van der Waals surface area (Å²) in [6, 6.07) is 22.7. The normalized spacial score (nSPS) is 11.9. The lowest BCUT2D eigenvalue weighted by molar-refractivity contribution is 1.31. The summed E-state index contributed by atoms with van der Waals surface area (Å²) in [7, 11) is 0. The van der Waals surface area contributed by atoms with Crippen LogP contribution in [0.15, 0.2) is 66.7 Å². The molecule has 0 unspecified atom stereocenters. The van der Waals surface area contributed by atoms with E-state index in [1.165, 1.54) is 10.8 Å². The third kappa shape index (κ3) is 1.48. The predicted molar refractivity (Wildman–Crippen MR) is 91.8 cm³/mol.